The number of hydrogen-bond donors (Lipinski definition) is 3. The highest BCUT2D eigenvalue weighted by atomic mass is 35.5. The minimum atomic E-state index is -0.481. The molecule has 2 amide bonds. The van der Waals surface area contributed by atoms with Crippen molar-refractivity contribution < 1.29 is 9.59 Å². The Morgan fingerprint density at radius 2 is 1.84 bits per heavy atom. The van der Waals surface area contributed by atoms with Crippen LogP contribution in [-0.2, 0) is 4.79 Å². The van der Waals surface area contributed by atoms with Gasteiger partial charge in [0.25, 0.3) is 5.91 Å². The number of thiophene rings is 1. The molecule has 0 saturated heterocycles. The zero-order valence-electron chi connectivity index (χ0n) is 21.9. The van der Waals surface area contributed by atoms with Gasteiger partial charge in [0.1, 0.15) is 6.04 Å². The largest absolute Gasteiger partial charge is 0.376 e. The molecule has 2 unspecified atom stereocenters. The summed E-state index contributed by atoms with van der Waals surface area (Å²) in [4.78, 5) is 32.9. The van der Waals surface area contributed by atoms with Gasteiger partial charge in [-0.3, -0.25) is 14.6 Å². The molecule has 0 spiro atoms. The summed E-state index contributed by atoms with van der Waals surface area (Å²) in [6, 6.07) is 5.22. The standard InChI is InChI=1S/C29H39ClN4O2S/c1-18-23(16-22(30)17-31-18)32-19(2)25-7-8-26(37-25)28(36)33-24(15-21-5-3-4-6-21)27(35)34-29-12-9-20(10-13-29)11-14-29/h7-8,16-17,19-21,24,32H,3-6,9-15H2,1-2H3,(H,33,36)(H,34,35). The lowest BCUT2D eigenvalue weighted by atomic mass is 9.65. The van der Waals surface area contributed by atoms with Crippen molar-refractivity contribution in [3.8, 4) is 0 Å². The van der Waals surface area contributed by atoms with Crippen LogP contribution in [0.15, 0.2) is 24.4 Å². The molecule has 4 aliphatic rings. The van der Waals surface area contributed by atoms with Gasteiger partial charge in [-0.15, -0.1) is 11.3 Å². The molecule has 2 bridgehead atoms. The summed E-state index contributed by atoms with van der Waals surface area (Å²) in [6.07, 6.45) is 14.0. The number of aromatic nitrogens is 1. The van der Waals surface area contributed by atoms with Gasteiger partial charge in [0.05, 0.1) is 27.3 Å². The average Bonchev–Trinajstić information content (AvgIpc) is 3.59. The predicted octanol–water partition coefficient (Wildman–Crippen LogP) is 6.80. The maximum atomic E-state index is 13.6. The molecule has 0 aromatic carbocycles. The molecular formula is C29H39ClN4O2S. The van der Waals surface area contributed by atoms with Gasteiger partial charge < -0.3 is 16.0 Å². The van der Waals surface area contributed by atoms with Crippen molar-refractivity contribution in [2.75, 3.05) is 5.32 Å². The maximum absolute atomic E-state index is 13.6. The predicted molar refractivity (Wildman–Crippen MR) is 150 cm³/mol. The Hall–Kier alpha value is -2.12. The highest BCUT2D eigenvalue weighted by Gasteiger charge is 2.42. The molecular weight excluding hydrogens is 504 g/mol. The van der Waals surface area contributed by atoms with E-state index >= 15 is 0 Å². The summed E-state index contributed by atoms with van der Waals surface area (Å²) < 4.78 is 0. The lowest BCUT2D eigenvalue weighted by Gasteiger charge is -2.47. The molecule has 2 heterocycles. The Morgan fingerprint density at radius 1 is 1.14 bits per heavy atom. The number of carbonyl (C=O) groups is 2. The van der Waals surface area contributed by atoms with Crippen molar-refractivity contribution in [2.24, 2.45) is 11.8 Å². The van der Waals surface area contributed by atoms with E-state index in [-0.39, 0.29) is 23.4 Å². The summed E-state index contributed by atoms with van der Waals surface area (Å²) >= 11 is 7.58. The van der Waals surface area contributed by atoms with Crippen molar-refractivity contribution in [1.82, 2.24) is 15.6 Å². The second-order valence-corrected chi connectivity index (χ2v) is 13.1. The van der Waals surface area contributed by atoms with Crippen LogP contribution in [0, 0.1) is 18.8 Å². The number of nitrogens with one attached hydrogen (secondary N) is 3. The molecule has 8 heteroatoms. The minimum Gasteiger partial charge on any atom is -0.376 e. The van der Waals surface area contributed by atoms with Crippen LogP contribution in [0.25, 0.3) is 0 Å². The first-order valence-electron chi connectivity index (χ1n) is 13.9. The molecule has 6 rings (SSSR count). The Labute approximate surface area is 229 Å². The van der Waals surface area contributed by atoms with Crippen LogP contribution in [0.3, 0.4) is 0 Å². The van der Waals surface area contributed by atoms with Crippen LogP contribution in [0.5, 0.6) is 0 Å². The van der Waals surface area contributed by atoms with E-state index in [0.717, 1.165) is 60.7 Å². The number of fused-ring (bicyclic) bond motifs is 3. The van der Waals surface area contributed by atoms with E-state index in [0.29, 0.717) is 15.8 Å². The number of nitrogens with zero attached hydrogens (tertiary/aromatic N) is 1. The van der Waals surface area contributed by atoms with Crippen LogP contribution in [0.4, 0.5) is 5.69 Å². The average molecular weight is 543 g/mol. The van der Waals surface area contributed by atoms with Gasteiger partial charge in [-0.2, -0.15) is 0 Å². The van der Waals surface area contributed by atoms with Gasteiger partial charge >= 0.3 is 0 Å². The fourth-order valence-corrected chi connectivity index (χ4v) is 7.56. The smallest absolute Gasteiger partial charge is 0.262 e. The maximum Gasteiger partial charge on any atom is 0.262 e. The Morgan fingerprint density at radius 3 is 2.54 bits per heavy atom. The summed E-state index contributed by atoms with van der Waals surface area (Å²) in [5.41, 5.74) is 1.69. The zero-order chi connectivity index (χ0) is 26.0. The molecule has 4 fully saturated rings. The van der Waals surface area contributed by atoms with Crippen molar-refractivity contribution in [2.45, 2.75) is 102 Å². The highest BCUT2D eigenvalue weighted by molar-refractivity contribution is 7.14. The van der Waals surface area contributed by atoms with E-state index in [2.05, 4.69) is 27.9 Å². The van der Waals surface area contributed by atoms with E-state index in [4.69, 9.17) is 11.6 Å². The van der Waals surface area contributed by atoms with Crippen molar-refractivity contribution >= 4 is 40.4 Å². The lowest BCUT2D eigenvalue weighted by Crippen LogP contribution is -2.58. The van der Waals surface area contributed by atoms with Gasteiger partial charge in [-0.25, -0.2) is 0 Å². The van der Waals surface area contributed by atoms with E-state index in [1.54, 1.807) is 6.20 Å². The lowest BCUT2D eigenvalue weighted by molar-refractivity contribution is -0.126. The molecule has 0 radical (unpaired) electrons. The Balaban J connectivity index is 1.25. The molecule has 2 aromatic heterocycles. The van der Waals surface area contributed by atoms with Crippen LogP contribution < -0.4 is 16.0 Å². The summed E-state index contributed by atoms with van der Waals surface area (Å²) in [6.45, 7) is 4.00. The summed E-state index contributed by atoms with van der Waals surface area (Å²) in [7, 11) is 0. The third kappa shape index (κ3) is 6.31. The van der Waals surface area contributed by atoms with Crippen molar-refractivity contribution in [3.63, 3.8) is 0 Å². The molecule has 3 N–H and O–H groups in total. The third-order valence-electron chi connectivity index (χ3n) is 8.85. The Kier molecular flexibility index (Phi) is 8.10. The number of pyridine rings is 1. The van der Waals surface area contributed by atoms with Crippen LogP contribution in [0.2, 0.25) is 5.02 Å². The van der Waals surface area contributed by atoms with Crippen molar-refractivity contribution in [1.29, 1.82) is 0 Å². The molecule has 2 aromatic rings. The van der Waals surface area contributed by atoms with Crippen molar-refractivity contribution in [3.05, 3.63) is 44.9 Å². The monoisotopic (exact) mass is 542 g/mol. The molecule has 2 atom stereocenters. The van der Waals surface area contributed by atoms with Gasteiger partial charge in [0.15, 0.2) is 0 Å². The normalized spacial score (nSPS) is 25.0. The van der Waals surface area contributed by atoms with Gasteiger partial charge in [-0.05, 0) is 88.8 Å². The van der Waals surface area contributed by atoms with Gasteiger partial charge in [0.2, 0.25) is 5.91 Å². The molecule has 4 aliphatic carbocycles. The van der Waals surface area contributed by atoms with E-state index in [1.807, 2.05) is 25.1 Å². The van der Waals surface area contributed by atoms with E-state index in [1.165, 1.54) is 43.4 Å². The number of hydrogen-bond acceptors (Lipinski definition) is 5. The minimum absolute atomic E-state index is 0.0105. The molecule has 6 nitrogen and oxygen atoms in total. The number of halogens is 1. The first kappa shape index (κ1) is 26.5. The second kappa shape index (κ2) is 11.3. The second-order valence-electron chi connectivity index (χ2n) is 11.5. The molecule has 37 heavy (non-hydrogen) atoms. The summed E-state index contributed by atoms with van der Waals surface area (Å²) in [5, 5.41) is 10.6. The molecule has 0 aliphatic heterocycles. The number of carbonyl (C=O) groups excluding carboxylic acids is 2. The number of anilines is 1. The van der Waals surface area contributed by atoms with E-state index in [9.17, 15) is 9.59 Å². The fraction of sp³-hybridized carbons (Fsp3) is 0.621. The van der Waals surface area contributed by atoms with Gasteiger partial charge in [-0.1, -0.05) is 37.3 Å². The van der Waals surface area contributed by atoms with Crippen LogP contribution in [0.1, 0.15) is 104 Å². The van der Waals surface area contributed by atoms with Crippen LogP contribution in [-0.4, -0.2) is 28.4 Å². The number of aryl methyl sites for hydroxylation is 1. The molecule has 200 valence electrons. The third-order valence-corrected chi connectivity index (χ3v) is 10.3. The fourth-order valence-electron chi connectivity index (χ4n) is 6.49. The number of rotatable bonds is 9. The van der Waals surface area contributed by atoms with E-state index < -0.39 is 6.04 Å². The Bertz CT molecular complexity index is 1110. The summed E-state index contributed by atoms with van der Waals surface area (Å²) in [5.74, 6) is 1.20. The van der Waals surface area contributed by atoms with Crippen LogP contribution >= 0.6 is 22.9 Å². The quantitative estimate of drug-likeness (QED) is 0.325. The molecule has 4 saturated carbocycles. The topological polar surface area (TPSA) is 83.1 Å². The number of amides is 2. The van der Waals surface area contributed by atoms with Gasteiger partial charge in [0, 0.05) is 16.6 Å². The zero-order valence-corrected chi connectivity index (χ0v) is 23.5. The first-order chi connectivity index (χ1) is 17.8. The highest BCUT2D eigenvalue weighted by Crippen LogP contribution is 2.44. The SMILES string of the molecule is Cc1ncc(Cl)cc1NC(C)c1ccc(C(=O)NC(CC2CCCC2)C(=O)NC23CCC(CC2)CC3)s1. The first-order valence-corrected chi connectivity index (χ1v) is 15.1.